The highest BCUT2D eigenvalue weighted by Crippen LogP contribution is 2.32. The van der Waals surface area contributed by atoms with Gasteiger partial charge >= 0.3 is 5.97 Å². The Bertz CT molecular complexity index is 1300. The van der Waals surface area contributed by atoms with E-state index >= 15 is 0 Å². The Kier molecular flexibility index (Phi) is 5.27. The van der Waals surface area contributed by atoms with Gasteiger partial charge in [0.1, 0.15) is 6.54 Å². The molecular formula is C23H15ClN2O5. The van der Waals surface area contributed by atoms with Gasteiger partial charge in [0.15, 0.2) is 0 Å². The van der Waals surface area contributed by atoms with Crippen molar-refractivity contribution in [3.05, 3.63) is 82.4 Å². The van der Waals surface area contributed by atoms with Crippen LogP contribution in [-0.2, 0) is 9.59 Å². The molecular weight excluding hydrogens is 420 g/mol. The van der Waals surface area contributed by atoms with E-state index in [4.69, 9.17) is 16.7 Å². The predicted molar refractivity (Wildman–Crippen MR) is 116 cm³/mol. The Morgan fingerprint density at radius 1 is 1.00 bits per heavy atom. The zero-order valence-corrected chi connectivity index (χ0v) is 16.7. The second-order valence-electron chi connectivity index (χ2n) is 6.86. The van der Waals surface area contributed by atoms with Crippen LogP contribution in [0.4, 0.5) is 5.69 Å². The van der Waals surface area contributed by atoms with Crippen LogP contribution in [0.15, 0.2) is 60.7 Å². The summed E-state index contributed by atoms with van der Waals surface area (Å²) in [6.07, 6.45) is 2.88. The molecule has 0 atom stereocenters. The molecule has 2 N–H and O–H groups in total. The Labute approximate surface area is 181 Å². The van der Waals surface area contributed by atoms with Crippen LogP contribution in [0.5, 0.6) is 0 Å². The van der Waals surface area contributed by atoms with Crippen LogP contribution < -0.4 is 5.32 Å². The van der Waals surface area contributed by atoms with Crippen molar-refractivity contribution in [2.24, 2.45) is 0 Å². The van der Waals surface area contributed by atoms with Gasteiger partial charge < -0.3 is 10.4 Å². The van der Waals surface area contributed by atoms with Crippen LogP contribution in [-0.4, -0.2) is 40.2 Å². The van der Waals surface area contributed by atoms with Gasteiger partial charge in [-0.25, -0.2) is 0 Å². The van der Waals surface area contributed by atoms with Crippen molar-refractivity contribution < 1.29 is 24.3 Å². The number of amides is 3. The van der Waals surface area contributed by atoms with Gasteiger partial charge in [-0.1, -0.05) is 41.9 Å². The molecule has 0 unspecified atom stereocenters. The Morgan fingerprint density at radius 2 is 1.74 bits per heavy atom. The van der Waals surface area contributed by atoms with Crippen molar-refractivity contribution in [1.29, 1.82) is 0 Å². The molecule has 0 fully saturated rings. The van der Waals surface area contributed by atoms with Crippen LogP contribution in [0.2, 0.25) is 5.02 Å². The summed E-state index contributed by atoms with van der Waals surface area (Å²) in [5.41, 5.74) is 1.41. The summed E-state index contributed by atoms with van der Waals surface area (Å²) >= 11 is 6.08. The van der Waals surface area contributed by atoms with E-state index in [1.807, 2.05) is 0 Å². The van der Waals surface area contributed by atoms with Crippen LogP contribution in [0, 0.1) is 0 Å². The van der Waals surface area contributed by atoms with E-state index < -0.39 is 30.2 Å². The van der Waals surface area contributed by atoms with Gasteiger partial charge in [-0.15, -0.1) is 0 Å². The molecule has 0 bridgehead atoms. The number of carboxylic acid groups (broad SMARTS) is 1. The standard InChI is InChI=1S/C23H15ClN2O5/c24-18-7-2-1-4-13(18)8-9-19(27)25-15-10-14-5-3-6-16-21(14)17(11-15)23(31)26(22(16)30)12-20(28)29/h1-11H,12H2,(H,25,27)(H,28,29)/b9-8+. The van der Waals surface area contributed by atoms with E-state index in [0.717, 1.165) is 0 Å². The predicted octanol–water partition coefficient (Wildman–Crippen LogP) is 3.83. The van der Waals surface area contributed by atoms with Crippen LogP contribution in [0.3, 0.4) is 0 Å². The minimum atomic E-state index is -1.30. The SMILES string of the molecule is O=C(O)CN1C(=O)c2cccc3cc(NC(=O)/C=C/c4ccccc4Cl)cc(c23)C1=O. The van der Waals surface area contributed by atoms with Crippen LogP contribution in [0.25, 0.3) is 16.8 Å². The quantitative estimate of drug-likeness (QED) is 0.469. The van der Waals surface area contributed by atoms with E-state index in [-0.39, 0.29) is 11.1 Å². The van der Waals surface area contributed by atoms with E-state index in [1.54, 1.807) is 54.6 Å². The summed E-state index contributed by atoms with van der Waals surface area (Å²) in [6, 6.07) is 15.0. The molecule has 0 aromatic heterocycles. The van der Waals surface area contributed by atoms with Crippen molar-refractivity contribution in [2.75, 3.05) is 11.9 Å². The number of carboxylic acids is 1. The first-order valence-corrected chi connectivity index (χ1v) is 9.61. The van der Waals surface area contributed by atoms with Gasteiger partial charge in [0.05, 0.1) is 5.56 Å². The zero-order chi connectivity index (χ0) is 22.1. The summed E-state index contributed by atoms with van der Waals surface area (Å²) in [4.78, 5) is 49.6. The molecule has 3 aromatic rings. The molecule has 0 radical (unpaired) electrons. The lowest BCUT2D eigenvalue weighted by molar-refractivity contribution is -0.137. The first-order valence-electron chi connectivity index (χ1n) is 9.23. The molecule has 1 heterocycles. The third-order valence-corrected chi connectivity index (χ3v) is 5.15. The molecule has 31 heavy (non-hydrogen) atoms. The van der Waals surface area contributed by atoms with Crippen LogP contribution in [0.1, 0.15) is 26.3 Å². The third kappa shape index (κ3) is 3.91. The normalized spacial score (nSPS) is 13.1. The second-order valence-corrected chi connectivity index (χ2v) is 7.27. The molecule has 8 heteroatoms. The summed E-state index contributed by atoms with van der Waals surface area (Å²) in [5.74, 6) is -3.13. The van der Waals surface area contributed by atoms with Crippen molar-refractivity contribution >= 4 is 57.8 Å². The molecule has 0 aliphatic carbocycles. The molecule has 3 aromatic carbocycles. The average Bonchev–Trinajstić information content (AvgIpc) is 2.74. The lowest BCUT2D eigenvalue weighted by atomic mass is 9.93. The fourth-order valence-electron chi connectivity index (χ4n) is 3.47. The lowest BCUT2D eigenvalue weighted by Gasteiger charge is -2.26. The van der Waals surface area contributed by atoms with Crippen molar-refractivity contribution in [3.63, 3.8) is 0 Å². The Morgan fingerprint density at radius 3 is 2.48 bits per heavy atom. The fraction of sp³-hybridized carbons (Fsp3) is 0.0435. The third-order valence-electron chi connectivity index (χ3n) is 4.81. The number of halogens is 1. The number of nitrogens with one attached hydrogen (secondary N) is 1. The maximum Gasteiger partial charge on any atom is 0.323 e. The highest BCUT2D eigenvalue weighted by molar-refractivity contribution is 6.32. The zero-order valence-electron chi connectivity index (χ0n) is 16.0. The number of nitrogens with zero attached hydrogens (tertiary/aromatic N) is 1. The number of hydrogen-bond donors (Lipinski definition) is 2. The van der Waals surface area contributed by atoms with E-state index in [1.165, 1.54) is 12.1 Å². The van der Waals surface area contributed by atoms with Crippen molar-refractivity contribution in [3.8, 4) is 0 Å². The van der Waals surface area contributed by atoms with E-state index in [0.29, 0.717) is 31.9 Å². The van der Waals surface area contributed by atoms with E-state index in [2.05, 4.69) is 5.32 Å². The Hall–Kier alpha value is -3.97. The van der Waals surface area contributed by atoms with Gasteiger partial charge in [0, 0.05) is 27.7 Å². The Balaban J connectivity index is 1.68. The molecule has 3 amide bonds. The number of anilines is 1. The van der Waals surface area contributed by atoms with Gasteiger partial charge in [-0.2, -0.15) is 0 Å². The monoisotopic (exact) mass is 434 g/mol. The highest BCUT2D eigenvalue weighted by Gasteiger charge is 2.34. The first-order chi connectivity index (χ1) is 14.8. The molecule has 0 saturated carbocycles. The molecule has 4 rings (SSSR count). The number of carbonyl (C=O) groups excluding carboxylic acids is 3. The van der Waals surface area contributed by atoms with Crippen molar-refractivity contribution in [2.45, 2.75) is 0 Å². The minimum absolute atomic E-state index is 0.152. The van der Waals surface area contributed by atoms with Crippen LogP contribution >= 0.6 is 11.6 Å². The van der Waals surface area contributed by atoms with Gasteiger partial charge in [-0.05, 0) is 41.3 Å². The number of aliphatic carboxylic acids is 1. The maximum atomic E-state index is 12.8. The topological polar surface area (TPSA) is 104 Å². The van der Waals surface area contributed by atoms with Gasteiger partial charge in [0.25, 0.3) is 11.8 Å². The van der Waals surface area contributed by atoms with Gasteiger partial charge in [0.2, 0.25) is 5.91 Å². The summed E-state index contributed by atoms with van der Waals surface area (Å²) in [7, 11) is 0. The molecule has 1 aliphatic rings. The molecule has 0 spiro atoms. The number of rotatable bonds is 5. The summed E-state index contributed by atoms with van der Waals surface area (Å²) in [6.45, 7) is -0.745. The van der Waals surface area contributed by atoms with Crippen molar-refractivity contribution in [1.82, 2.24) is 4.90 Å². The highest BCUT2D eigenvalue weighted by atomic mass is 35.5. The van der Waals surface area contributed by atoms with Gasteiger partial charge in [-0.3, -0.25) is 24.1 Å². The minimum Gasteiger partial charge on any atom is -0.480 e. The second kappa shape index (κ2) is 8.04. The van der Waals surface area contributed by atoms with E-state index in [9.17, 15) is 19.2 Å². The smallest absolute Gasteiger partial charge is 0.323 e. The average molecular weight is 435 g/mol. The fourth-order valence-corrected chi connectivity index (χ4v) is 3.67. The molecule has 0 saturated heterocycles. The number of carbonyl (C=O) groups is 4. The first kappa shape index (κ1) is 20.3. The molecule has 1 aliphatic heterocycles. The number of hydrogen-bond acceptors (Lipinski definition) is 4. The number of imide groups is 1. The summed E-state index contributed by atoms with van der Waals surface area (Å²) in [5, 5.41) is 13.3. The molecule has 7 nitrogen and oxygen atoms in total. The largest absolute Gasteiger partial charge is 0.480 e. The summed E-state index contributed by atoms with van der Waals surface area (Å²) < 4.78 is 0. The molecule has 154 valence electrons. The lowest BCUT2D eigenvalue weighted by Crippen LogP contribution is -2.43. The number of benzene rings is 3. The maximum absolute atomic E-state index is 12.8.